The molecular formula is C10H11N3O7. The zero-order valence-electron chi connectivity index (χ0n) is 10.4. The van der Waals surface area contributed by atoms with Crippen molar-refractivity contribution in [2.75, 3.05) is 13.2 Å². The Morgan fingerprint density at radius 3 is 2.65 bits per heavy atom. The van der Waals surface area contributed by atoms with E-state index < -0.39 is 41.1 Å². The Balaban J connectivity index is 2.44. The summed E-state index contributed by atoms with van der Waals surface area (Å²) in [6, 6.07) is 1.30. The third-order valence-electron chi connectivity index (χ3n) is 1.90. The molecule has 0 saturated carbocycles. The molecule has 108 valence electrons. The normalized spacial score (nSPS) is 9.65. The van der Waals surface area contributed by atoms with Crippen LogP contribution in [0.25, 0.3) is 0 Å². The second-order valence-electron chi connectivity index (χ2n) is 3.38. The number of esters is 1. The van der Waals surface area contributed by atoms with Gasteiger partial charge in [-0.3, -0.25) is 20.2 Å². The second kappa shape index (κ2) is 6.87. The molecule has 0 fully saturated rings. The topological polar surface area (TPSA) is 141 Å². The lowest BCUT2D eigenvalue weighted by Gasteiger charge is -2.04. The maximum absolute atomic E-state index is 11.4. The van der Waals surface area contributed by atoms with E-state index in [9.17, 15) is 24.5 Å². The number of nitro groups is 1. The minimum absolute atomic E-state index is 0.328. The van der Waals surface area contributed by atoms with Crippen molar-refractivity contribution in [1.82, 2.24) is 10.6 Å². The van der Waals surface area contributed by atoms with Crippen molar-refractivity contribution in [3.05, 3.63) is 28.0 Å². The Morgan fingerprint density at radius 2 is 2.10 bits per heavy atom. The molecular weight excluding hydrogens is 274 g/mol. The highest BCUT2D eigenvalue weighted by molar-refractivity contribution is 5.96. The van der Waals surface area contributed by atoms with Gasteiger partial charge in [0.1, 0.15) is 4.92 Å². The average molecular weight is 285 g/mol. The fraction of sp³-hybridized carbons (Fsp3) is 0.300. The molecule has 1 aromatic rings. The Labute approximate surface area is 112 Å². The first-order chi connectivity index (χ1) is 9.43. The van der Waals surface area contributed by atoms with Crippen LogP contribution < -0.4 is 10.6 Å². The van der Waals surface area contributed by atoms with Gasteiger partial charge in [-0.15, -0.1) is 0 Å². The van der Waals surface area contributed by atoms with Gasteiger partial charge in [0.25, 0.3) is 5.91 Å². The Kier molecular flexibility index (Phi) is 5.21. The zero-order chi connectivity index (χ0) is 15.1. The molecule has 20 heavy (non-hydrogen) atoms. The fourth-order valence-corrected chi connectivity index (χ4v) is 1.11. The van der Waals surface area contributed by atoms with Crippen LogP contribution in [0.5, 0.6) is 0 Å². The van der Waals surface area contributed by atoms with E-state index in [0.29, 0.717) is 6.54 Å². The summed E-state index contributed by atoms with van der Waals surface area (Å²) in [5.41, 5.74) is 0. The number of ether oxygens (including phenoxy) is 1. The van der Waals surface area contributed by atoms with E-state index in [1.54, 1.807) is 6.92 Å². The van der Waals surface area contributed by atoms with E-state index in [0.717, 1.165) is 12.1 Å². The number of rotatable bonds is 5. The summed E-state index contributed by atoms with van der Waals surface area (Å²) in [5.74, 6) is -2.93. The molecule has 1 heterocycles. The van der Waals surface area contributed by atoms with Crippen LogP contribution in [0, 0.1) is 10.1 Å². The van der Waals surface area contributed by atoms with Gasteiger partial charge in [-0.25, -0.2) is 9.59 Å². The van der Waals surface area contributed by atoms with Crippen molar-refractivity contribution in [1.29, 1.82) is 0 Å². The van der Waals surface area contributed by atoms with Crippen molar-refractivity contribution < 1.29 is 28.5 Å². The van der Waals surface area contributed by atoms with Crippen molar-refractivity contribution in [3.8, 4) is 0 Å². The summed E-state index contributed by atoms with van der Waals surface area (Å²) in [6.45, 7) is 1.27. The van der Waals surface area contributed by atoms with Crippen molar-refractivity contribution in [3.63, 3.8) is 0 Å². The minimum Gasteiger partial charge on any atom is -0.450 e. The molecule has 0 radical (unpaired) electrons. The number of carbonyl (C=O) groups excluding carboxylic acids is 3. The summed E-state index contributed by atoms with van der Waals surface area (Å²) >= 11 is 0. The number of nitrogens with one attached hydrogen (secondary N) is 2. The molecule has 1 aromatic heterocycles. The molecule has 0 atom stereocenters. The molecule has 0 aliphatic carbocycles. The van der Waals surface area contributed by atoms with E-state index in [2.05, 4.69) is 14.5 Å². The Morgan fingerprint density at radius 1 is 1.40 bits per heavy atom. The van der Waals surface area contributed by atoms with Gasteiger partial charge >= 0.3 is 17.9 Å². The van der Waals surface area contributed by atoms with Gasteiger partial charge in [0, 0.05) is 6.54 Å². The SMILES string of the molecule is CCNC(=O)NC(=O)COC(=O)c1ccc([N+](=O)[O-])o1. The van der Waals surface area contributed by atoms with Crippen LogP contribution in [-0.4, -0.2) is 36.0 Å². The molecule has 10 nitrogen and oxygen atoms in total. The van der Waals surface area contributed by atoms with Gasteiger partial charge < -0.3 is 14.5 Å². The van der Waals surface area contributed by atoms with Crippen LogP contribution in [0.3, 0.4) is 0 Å². The maximum Gasteiger partial charge on any atom is 0.433 e. The highest BCUT2D eigenvalue weighted by Gasteiger charge is 2.19. The Hall–Kier alpha value is -2.91. The van der Waals surface area contributed by atoms with Gasteiger partial charge in [0.15, 0.2) is 6.61 Å². The smallest absolute Gasteiger partial charge is 0.433 e. The lowest BCUT2D eigenvalue weighted by Crippen LogP contribution is -2.41. The zero-order valence-corrected chi connectivity index (χ0v) is 10.4. The molecule has 10 heteroatoms. The van der Waals surface area contributed by atoms with E-state index >= 15 is 0 Å². The molecule has 0 bridgehead atoms. The first-order valence-corrected chi connectivity index (χ1v) is 5.43. The van der Waals surface area contributed by atoms with Crippen molar-refractivity contribution in [2.45, 2.75) is 6.92 Å². The quantitative estimate of drug-likeness (QED) is 0.446. The average Bonchev–Trinajstić information content (AvgIpc) is 2.86. The number of hydrogen-bond donors (Lipinski definition) is 2. The molecule has 0 aromatic carbocycles. The number of furan rings is 1. The number of carbonyl (C=O) groups is 3. The largest absolute Gasteiger partial charge is 0.450 e. The summed E-state index contributed by atoms with van der Waals surface area (Å²) in [7, 11) is 0. The van der Waals surface area contributed by atoms with E-state index in [-0.39, 0.29) is 0 Å². The summed E-state index contributed by atoms with van der Waals surface area (Å²) in [4.78, 5) is 43.1. The van der Waals surface area contributed by atoms with Crippen molar-refractivity contribution >= 4 is 23.8 Å². The fourth-order valence-electron chi connectivity index (χ4n) is 1.11. The minimum atomic E-state index is -1.05. The van der Waals surface area contributed by atoms with Gasteiger partial charge in [-0.1, -0.05) is 0 Å². The molecule has 0 unspecified atom stereocenters. The van der Waals surface area contributed by atoms with Crippen LogP contribution in [-0.2, 0) is 9.53 Å². The van der Waals surface area contributed by atoms with Crippen molar-refractivity contribution in [2.24, 2.45) is 0 Å². The molecule has 0 spiro atoms. The predicted octanol–water partition coefficient (Wildman–Crippen LogP) is 0.190. The van der Waals surface area contributed by atoms with Crippen LogP contribution in [0.2, 0.25) is 0 Å². The third-order valence-corrected chi connectivity index (χ3v) is 1.90. The van der Waals surface area contributed by atoms with Crippen LogP contribution in [0.1, 0.15) is 17.5 Å². The molecule has 0 saturated heterocycles. The lowest BCUT2D eigenvalue weighted by atomic mass is 10.4. The van der Waals surface area contributed by atoms with Gasteiger partial charge in [-0.05, 0) is 13.0 Å². The summed E-state index contributed by atoms with van der Waals surface area (Å²) in [5, 5.41) is 14.5. The lowest BCUT2D eigenvalue weighted by molar-refractivity contribution is -0.402. The van der Waals surface area contributed by atoms with E-state index in [1.807, 2.05) is 5.32 Å². The molecule has 3 amide bonds. The maximum atomic E-state index is 11.4. The molecule has 0 aliphatic heterocycles. The monoisotopic (exact) mass is 285 g/mol. The second-order valence-corrected chi connectivity index (χ2v) is 3.38. The van der Waals surface area contributed by atoms with Crippen LogP contribution >= 0.6 is 0 Å². The first kappa shape index (κ1) is 15.1. The molecule has 1 rings (SSSR count). The highest BCUT2D eigenvalue weighted by atomic mass is 16.7. The number of imide groups is 1. The standard InChI is InChI=1S/C10H11N3O7/c1-2-11-10(16)12-7(14)5-19-9(15)6-3-4-8(20-6)13(17)18/h3-4H,2,5H2,1H3,(H2,11,12,14,16). The number of urea groups is 1. The first-order valence-electron chi connectivity index (χ1n) is 5.43. The van der Waals surface area contributed by atoms with E-state index in [1.165, 1.54) is 0 Å². The summed E-state index contributed by atoms with van der Waals surface area (Å²) < 4.78 is 9.09. The number of hydrogen-bond acceptors (Lipinski definition) is 7. The van der Waals surface area contributed by atoms with E-state index in [4.69, 9.17) is 0 Å². The molecule has 0 aliphatic rings. The van der Waals surface area contributed by atoms with Crippen LogP contribution in [0.15, 0.2) is 16.5 Å². The summed E-state index contributed by atoms with van der Waals surface area (Å²) in [6.07, 6.45) is 0. The third kappa shape index (κ3) is 4.40. The van der Waals surface area contributed by atoms with Gasteiger partial charge in [0.2, 0.25) is 5.76 Å². The molecule has 2 N–H and O–H groups in total. The van der Waals surface area contributed by atoms with Gasteiger partial charge in [0.05, 0.1) is 6.07 Å². The predicted molar refractivity (Wildman–Crippen MR) is 62.9 cm³/mol. The number of amides is 3. The Bertz CT molecular complexity index is 537. The van der Waals surface area contributed by atoms with Gasteiger partial charge in [-0.2, -0.15) is 0 Å². The number of nitrogens with zero attached hydrogens (tertiary/aromatic N) is 1. The highest BCUT2D eigenvalue weighted by Crippen LogP contribution is 2.16. The van der Waals surface area contributed by atoms with Crippen LogP contribution in [0.4, 0.5) is 10.7 Å².